The van der Waals surface area contributed by atoms with Crippen LogP contribution in [0.5, 0.6) is 0 Å². The topological polar surface area (TPSA) is 90.0 Å². The van der Waals surface area contributed by atoms with Crippen molar-refractivity contribution in [3.8, 4) is 0 Å². The molecule has 1 heterocycles. The quantitative estimate of drug-likeness (QED) is 0.643. The van der Waals surface area contributed by atoms with Gasteiger partial charge in [0.1, 0.15) is 18.0 Å². The zero-order valence-corrected chi connectivity index (χ0v) is 16.4. The van der Waals surface area contributed by atoms with Crippen LogP contribution in [0.25, 0.3) is 0 Å². The Kier molecular flexibility index (Phi) is 6.76. The van der Waals surface area contributed by atoms with Crippen molar-refractivity contribution in [2.45, 2.75) is 11.5 Å². The maximum absolute atomic E-state index is 12.4. The Morgan fingerprint density at radius 2 is 1.85 bits per heavy atom. The Morgan fingerprint density at radius 3 is 2.46 bits per heavy atom. The summed E-state index contributed by atoms with van der Waals surface area (Å²) in [5.41, 5.74) is 0.499. The van der Waals surface area contributed by atoms with Crippen LogP contribution in [0.3, 0.4) is 0 Å². The molecule has 26 heavy (non-hydrogen) atoms. The van der Waals surface area contributed by atoms with Crippen molar-refractivity contribution in [3.05, 3.63) is 51.2 Å². The molecule has 0 N–H and O–H groups in total. The molecule has 0 atom stereocenters. The maximum atomic E-state index is 12.4. The van der Waals surface area contributed by atoms with E-state index in [1.807, 2.05) is 0 Å². The van der Waals surface area contributed by atoms with Gasteiger partial charge in [-0.05, 0) is 35.7 Å². The van der Waals surface area contributed by atoms with E-state index in [1.54, 1.807) is 11.4 Å². The molecule has 0 radical (unpaired) electrons. The van der Waals surface area contributed by atoms with Gasteiger partial charge in [0.05, 0.1) is 12.0 Å². The lowest BCUT2D eigenvalue weighted by molar-refractivity contribution is -0.144. The second-order valence-corrected chi connectivity index (χ2v) is 8.54. The van der Waals surface area contributed by atoms with Crippen molar-refractivity contribution in [1.82, 2.24) is 4.31 Å². The average Bonchev–Trinajstić information content (AvgIpc) is 3.08. The lowest BCUT2D eigenvalue weighted by atomic mass is 10.3. The summed E-state index contributed by atoms with van der Waals surface area (Å²) in [6.07, 6.45) is 0. The number of carbonyl (C=O) groups is 2. The van der Waals surface area contributed by atoms with E-state index < -0.39 is 28.5 Å². The highest BCUT2D eigenvalue weighted by molar-refractivity contribution is 7.89. The third kappa shape index (κ3) is 4.82. The summed E-state index contributed by atoms with van der Waals surface area (Å²) < 4.78 is 35.4. The molecule has 7 nitrogen and oxygen atoms in total. The van der Waals surface area contributed by atoms with Crippen LogP contribution in [-0.4, -0.2) is 45.4 Å². The van der Waals surface area contributed by atoms with Crippen molar-refractivity contribution in [2.24, 2.45) is 0 Å². The van der Waals surface area contributed by atoms with Gasteiger partial charge in [0.2, 0.25) is 10.0 Å². The Labute approximate surface area is 160 Å². The molecule has 0 amide bonds. The van der Waals surface area contributed by atoms with Crippen molar-refractivity contribution in [2.75, 3.05) is 20.7 Å². The molecule has 0 spiro atoms. The Bertz CT molecular complexity index is 892. The summed E-state index contributed by atoms with van der Waals surface area (Å²) in [5.74, 6) is -1.26. The highest BCUT2D eigenvalue weighted by atomic mass is 35.5. The summed E-state index contributed by atoms with van der Waals surface area (Å²) in [6.45, 7) is -0.621. The van der Waals surface area contributed by atoms with Gasteiger partial charge in [-0.1, -0.05) is 11.6 Å². The van der Waals surface area contributed by atoms with E-state index >= 15 is 0 Å². The van der Waals surface area contributed by atoms with Crippen LogP contribution in [0.15, 0.2) is 40.6 Å². The summed E-state index contributed by atoms with van der Waals surface area (Å²) in [7, 11) is -1.31. The number of sulfonamides is 1. The first-order chi connectivity index (χ1) is 12.3. The van der Waals surface area contributed by atoms with Gasteiger partial charge >= 0.3 is 11.9 Å². The van der Waals surface area contributed by atoms with Gasteiger partial charge in [-0.25, -0.2) is 13.2 Å². The summed E-state index contributed by atoms with van der Waals surface area (Å²) in [6, 6.07) is 7.25. The molecule has 1 aromatic heterocycles. The zero-order valence-electron chi connectivity index (χ0n) is 14.0. The predicted molar refractivity (Wildman–Crippen MR) is 96.7 cm³/mol. The molecule has 0 aliphatic rings. The molecule has 0 fully saturated rings. The van der Waals surface area contributed by atoms with Crippen molar-refractivity contribution in [1.29, 1.82) is 0 Å². The average molecular weight is 418 g/mol. The minimum absolute atomic E-state index is 0.0167. The first-order valence-corrected chi connectivity index (χ1v) is 9.97. The summed E-state index contributed by atoms with van der Waals surface area (Å²) >= 11 is 6.91. The predicted octanol–water partition coefficient (Wildman–Crippen LogP) is 2.55. The monoisotopic (exact) mass is 417 g/mol. The molecule has 0 saturated carbocycles. The number of nitrogens with zero attached hydrogens (tertiary/aromatic N) is 1. The largest absolute Gasteiger partial charge is 0.465 e. The van der Waals surface area contributed by atoms with Crippen LogP contribution < -0.4 is 0 Å². The Balaban J connectivity index is 1.98. The lowest BCUT2D eigenvalue weighted by Crippen LogP contribution is -2.33. The van der Waals surface area contributed by atoms with E-state index in [9.17, 15) is 18.0 Å². The molecule has 2 aromatic rings. The van der Waals surface area contributed by atoms with Crippen LogP contribution in [-0.2, 0) is 30.9 Å². The second kappa shape index (κ2) is 8.63. The fourth-order valence-corrected chi connectivity index (χ4v) is 4.05. The lowest BCUT2D eigenvalue weighted by Gasteiger charge is -2.16. The minimum Gasteiger partial charge on any atom is -0.465 e. The fraction of sp³-hybridized carbons (Fsp3) is 0.250. The smallest absolute Gasteiger partial charge is 0.348 e. The molecule has 0 saturated heterocycles. The number of methoxy groups -OCH3 is 1. The number of esters is 2. The summed E-state index contributed by atoms with van der Waals surface area (Å²) in [4.78, 5) is 23.9. The number of likely N-dealkylation sites (N-methyl/N-ethyl adjacent to an activating group) is 1. The highest BCUT2D eigenvalue weighted by Crippen LogP contribution is 2.20. The number of hydrogen-bond acceptors (Lipinski definition) is 7. The number of rotatable bonds is 7. The van der Waals surface area contributed by atoms with E-state index in [4.69, 9.17) is 16.3 Å². The number of hydrogen-bond donors (Lipinski definition) is 0. The number of halogens is 1. The second-order valence-electron chi connectivity index (χ2n) is 5.14. The van der Waals surface area contributed by atoms with Crippen LogP contribution in [0.4, 0.5) is 0 Å². The van der Waals surface area contributed by atoms with Gasteiger partial charge in [-0.15, -0.1) is 11.3 Å². The Morgan fingerprint density at radius 1 is 1.19 bits per heavy atom. The standard InChI is InChI=1S/C16H16ClNO6S2/c1-18(26(21,22)13-5-3-12(17)4-6-13)9-14(19)24-10-11-7-8-25-15(11)16(20)23-2/h3-8H,9-10H2,1-2H3. The molecular weight excluding hydrogens is 402 g/mol. The number of carbonyl (C=O) groups excluding carboxylic acids is 2. The first kappa shape index (κ1) is 20.4. The first-order valence-electron chi connectivity index (χ1n) is 7.28. The third-order valence-corrected chi connectivity index (χ3v) is 6.39. The molecular formula is C16H16ClNO6S2. The van der Waals surface area contributed by atoms with Crippen molar-refractivity contribution in [3.63, 3.8) is 0 Å². The molecule has 0 unspecified atom stereocenters. The molecule has 140 valence electrons. The maximum Gasteiger partial charge on any atom is 0.348 e. The van der Waals surface area contributed by atoms with Crippen LogP contribution in [0, 0.1) is 0 Å². The molecule has 2 rings (SSSR count). The van der Waals surface area contributed by atoms with Gasteiger partial charge in [0, 0.05) is 17.6 Å². The molecule has 10 heteroatoms. The normalized spacial score (nSPS) is 11.4. The number of thiophene rings is 1. The molecule has 1 aromatic carbocycles. The molecule has 0 aliphatic heterocycles. The van der Waals surface area contributed by atoms with E-state index in [0.717, 1.165) is 4.31 Å². The van der Waals surface area contributed by atoms with E-state index in [1.165, 1.54) is 49.8 Å². The highest BCUT2D eigenvalue weighted by Gasteiger charge is 2.24. The van der Waals surface area contributed by atoms with Gasteiger partial charge in [0.15, 0.2) is 0 Å². The van der Waals surface area contributed by atoms with E-state index in [2.05, 4.69) is 4.74 Å². The SMILES string of the molecule is COC(=O)c1sccc1COC(=O)CN(C)S(=O)(=O)c1ccc(Cl)cc1. The van der Waals surface area contributed by atoms with E-state index in [0.29, 0.717) is 15.5 Å². The van der Waals surface area contributed by atoms with Crippen LogP contribution in [0.2, 0.25) is 5.02 Å². The van der Waals surface area contributed by atoms with Crippen molar-refractivity contribution >= 4 is 44.9 Å². The number of benzene rings is 1. The van der Waals surface area contributed by atoms with Crippen LogP contribution in [0.1, 0.15) is 15.2 Å². The van der Waals surface area contributed by atoms with Gasteiger partial charge < -0.3 is 9.47 Å². The fourth-order valence-electron chi connectivity index (χ4n) is 1.98. The minimum atomic E-state index is -3.85. The molecule has 0 aliphatic carbocycles. The van der Waals surface area contributed by atoms with Crippen LogP contribution >= 0.6 is 22.9 Å². The van der Waals surface area contributed by atoms with Gasteiger partial charge in [0.25, 0.3) is 0 Å². The van der Waals surface area contributed by atoms with Crippen molar-refractivity contribution < 1.29 is 27.5 Å². The number of ether oxygens (including phenoxy) is 2. The van der Waals surface area contributed by atoms with Gasteiger partial charge in [-0.3, -0.25) is 4.79 Å². The third-order valence-electron chi connectivity index (χ3n) is 3.38. The zero-order chi connectivity index (χ0) is 19.3. The molecule has 0 bridgehead atoms. The van der Waals surface area contributed by atoms with E-state index in [-0.39, 0.29) is 11.5 Å². The Hall–Kier alpha value is -1.94. The summed E-state index contributed by atoms with van der Waals surface area (Å²) in [5, 5.41) is 2.08. The van der Waals surface area contributed by atoms with Gasteiger partial charge in [-0.2, -0.15) is 4.31 Å².